The molecule has 2 heterocycles. The van der Waals surface area contributed by atoms with Crippen LogP contribution >= 0.6 is 0 Å². The first kappa shape index (κ1) is 19.1. The molecule has 1 fully saturated rings. The van der Waals surface area contributed by atoms with Crippen molar-refractivity contribution < 1.29 is 4.74 Å². The van der Waals surface area contributed by atoms with E-state index < -0.39 is 0 Å². The third kappa shape index (κ3) is 4.77. The van der Waals surface area contributed by atoms with Gasteiger partial charge < -0.3 is 19.9 Å². The van der Waals surface area contributed by atoms with E-state index in [2.05, 4.69) is 56.5 Å². The van der Waals surface area contributed by atoms with Crippen molar-refractivity contribution in [2.75, 3.05) is 48.4 Å². The van der Waals surface area contributed by atoms with Gasteiger partial charge in [0.05, 0.1) is 7.11 Å². The Balaban J connectivity index is 1.39. The number of hydrogen-bond acceptors (Lipinski definition) is 6. The summed E-state index contributed by atoms with van der Waals surface area (Å²) in [6.07, 6.45) is 0. The fraction of sp³-hybridized carbons (Fsp3) is 0.304. The predicted octanol–water partition coefficient (Wildman–Crippen LogP) is 3.73. The average molecular weight is 390 g/mol. The molecule has 0 saturated carbocycles. The van der Waals surface area contributed by atoms with E-state index in [0.29, 0.717) is 0 Å². The van der Waals surface area contributed by atoms with Crippen LogP contribution in [0.4, 0.5) is 17.5 Å². The summed E-state index contributed by atoms with van der Waals surface area (Å²) >= 11 is 0. The largest absolute Gasteiger partial charge is 0.497 e. The van der Waals surface area contributed by atoms with Crippen molar-refractivity contribution in [2.24, 2.45) is 0 Å². The van der Waals surface area contributed by atoms with Gasteiger partial charge in [-0.15, -0.1) is 0 Å². The second-order valence-electron chi connectivity index (χ2n) is 7.21. The van der Waals surface area contributed by atoms with Crippen LogP contribution in [0.2, 0.25) is 0 Å². The Bertz CT molecular complexity index is 922. The minimum atomic E-state index is 0.752. The lowest BCUT2D eigenvalue weighted by Gasteiger charge is -2.36. The van der Waals surface area contributed by atoms with Crippen LogP contribution in [0.25, 0.3) is 0 Å². The first-order valence-electron chi connectivity index (χ1n) is 9.99. The second kappa shape index (κ2) is 8.82. The van der Waals surface area contributed by atoms with Gasteiger partial charge in [-0.25, -0.2) is 4.98 Å². The van der Waals surface area contributed by atoms with E-state index in [1.807, 2.05) is 31.2 Å². The van der Waals surface area contributed by atoms with E-state index in [-0.39, 0.29) is 0 Å². The number of nitrogens with zero attached hydrogens (tertiary/aromatic N) is 4. The van der Waals surface area contributed by atoms with Gasteiger partial charge in [0.1, 0.15) is 11.6 Å². The van der Waals surface area contributed by atoms with Gasteiger partial charge in [-0.3, -0.25) is 0 Å². The summed E-state index contributed by atoms with van der Waals surface area (Å²) in [5.74, 6) is 2.56. The van der Waals surface area contributed by atoms with Gasteiger partial charge in [-0.1, -0.05) is 30.3 Å². The molecule has 0 bridgehead atoms. The summed E-state index contributed by atoms with van der Waals surface area (Å²) in [6, 6.07) is 20.6. The highest BCUT2D eigenvalue weighted by atomic mass is 16.5. The molecule has 6 nitrogen and oxygen atoms in total. The molecule has 1 N–H and O–H groups in total. The van der Waals surface area contributed by atoms with Crippen molar-refractivity contribution in [3.8, 4) is 5.75 Å². The third-order valence-corrected chi connectivity index (χ3v) is 5.16. The molecule has 0 aliphatic carbocycles. The van der Waals surface area contributed by atoms with Crippen molar-refractivity contribution in [3.63, 3.8) is 0 Å². The molecule has 1 saturated heterocycles. The zero-order valence-corrected chi connectivity index (χ0v) is 17.0. The van der Waals surface area contributed by atoms with Crippen LogP contribution in [-0.2, 0) is 6.54 Å². The Morgan fingerprint density at radius 3 is 2.28 bits per heavy atom. The van der Waals surface area contributed by atoms with Crippen LogP contribution in [0.5, 0.6) is 5.75 Å². The minimum absolute atomic E-state index is 0.752. The van der Waals surface area contributed by atoms with E-state index in [1.165, 1.54) is 11.3 Å². The van der Waals surface area contributed by atoms with E-state index in [4.69, 9.17) is 9.72 Å². The molecule has 0 spiro atoms. The highest BCUT2D eigenvalue weighted by Gasteiger charge is 2.20. The zero-order valence-electron chi connectivity index (χ0n) is 17.0. The molecule has 150 valence electrons. The third-order valence-electron chi connectivity index (χ3n) is 5.16. The number of hydrogen-bond donors (Lipinski definition) is 1. The first-order valence-corrected chi connectivity index (χ1v) is 9.99. The molecule has 4 rings (SSSR count). The van der Waals surface area contributed by atoms with Crippen LogP contribution in [0.3, 0.4) is 0 Å². The minimum Gasteiger partial charge on any atom is -0.497 e. The molecule has 0 unspecified atom stereocenters. The van der Waals surface area contributed by atoms with Gasteiger partial charge in [0.2, 0.25) is 5.95 Å². The average Bonchev–Trinajstić information content (AvgIpc) is 2.78. The van der Waals surface area contributed by atoms with E-state index in [1.54, 1.807) is 7.11 Å². The summed E-state index contributed by atoms with van der Waals surface area (Å²) in [4.78, 5) is 14.1. The number of piperazine rings is 1. The summed E-state index contributed by atoms with van der Waals surface area (Å²) in [5, 5.41) is 3.43. The van der Waals surface area contributed by atoms with Crippen LogP contribution in [-0.4, -0.2) is 43.3 Å². The molecule has 3 aromatic rings. The zero-order chi connectivity index (χ0) is 20.1. The molecule has 0 atom stereocenters. The number of nitrogens with one attached hydrogen (secondary N) is 1. The molecule has 0 radical (unpaired) electrons. The second-order valence-corrected chi connectivity index (χ2v) is 7.21. The van der Waals surface area contributed by atoms with Gasteiger partial charge >= 0.3 is 0 Å². The van der Waals surface area contributed by atoms with Gasteiger partial charge in [-0.2, -0.15) is 4.98 Å². The maximum atomic E-state index is 5.25. The van der Waals surface area contributed by atoms with Gasteiger partial charge in [-0.05, 0) is 36.8 Å². The monoisotopic (exact) mass is 389 g/mol. The SMILES string of the molecule is COc1ccc(N2CCN(c3nc(C)cc(NCc4ccccc4)n3)CC2)cc1. The Labute approximate surface area is 172 Å². The molecular formula is C23H27N5O. The standard InChI is InChI=1S/C23H27N5O/c1-18-16-22(24-17-19-6-4-3-5-7-19)26-23(25-18)28-14-12-27(13-15-28)20-8-10-21(29-2)11-9-20/h3-11,16H,12-15,17H2,1-2H3,(H,24,25,26). The van der Waals surface area contributed by atoms with Gasteiger partial charge in [0, 0.05) is 50.2 Å². The predicted molar refractivity (Wildman–Crippen MR) is 118 cm³/mol. The Hall–Kier alpha value is -3.28. The van der Waals surface area contributed by atoms with Crippen LogP contribution in [0, 0.1) is 6.92 Å². The van der Waals surface area contributed by atoms with E-state index >= 15 is 0 Å². The van der Waals surface area contributed by atoms with Crippen LogP contribution < -0.4 is 19.9 Å². The summed E-state index contributed by atoms with van der Waals surface area (Å²) in [7, 11) is 1.69. The number of aryl methyl sites for hydroxylation is 1. The lowest BCUT2D eigenvalue weighted by molar-refractivity contribution is 0.415. The van der Waals surface area contributed by atoms with E-state index in [0.717, 1.165) is 55.9 Å². The number of rotatable bonds is 6. The number of anilines is 3. The van der Waals surface area contributed by atoms with Crippen LogP contribution in [0.15, 0.2) is 60.7 Å². The molecule has 0 amide bonds. The molecule has 29 heavy (non-hydrogen) atoms. The van der Waals surface area contributed by atoms with Crippen LogP contribution in [0.1, 0.15) is 11.3 Å². The lowest BCUT2D eigenvalue weighted by atomic mass is 10.2. The maximum Gasteiger partial charge on any atom is 0.227 e. The summed E-state index contributed by atoms with van der Waals surface area (Å²) < 4.78 is 5.25. The molecule has 1 aliphatic rings. The summed E-state index contributed by atoms with van der Waals surface area (Å²) in [6.45, 7) is 6.45. The Morgan fingerprint density at radius 2 is 1.59 bits per heavy atom. The van der Waals surface area contributed by atoms with Crippen molar-refractivity contribution in [2.45, 2.75) is 13.5 Å². The van der Waals surface area contributed by atoms with E-state index in [9.17, 15) is 0 Å². The fourth-order valence-corrected chi connectivity index (χ4v) is 3.53. The van der Waals surface area contributed by atoms with Crippen molar-refractivity contribution in [1.29, 1.82) is 0 Å². The van der Waals surface area contributed by atoms with Gasteiger partial charge in [0.15, 0.2) is 0 Å². The Morgan fingerprint density at radius 1 is 0.897 bits per heavy atom. The number of ether oxygens (including phenoxy) is 1. The number of methoxy groups -OCH3 is 1. The van der Waals surface area contributed by atoms with Crippen molar-refractivity contribution in [1.82, 2.24) is 9.97 Å². The Kier molecular flexibility index (Phi) is 5.79. The molecule has 6 heteroatoms. The quantitative estimate of drug-likeness (QED) is 0.693. The molecule has 1 aromatic heterocycles. The number of aromatic nitrogens is 2. The van der Waals surface area contributed by atoms with Crippen molar-refractivity contribution >= 4 is 17.5 Å². The smallest absolute Gasteiger partial charge is 0.227 e. The topological polar surface area (TPSA) is 53.5 Å². The van der Waals surface area contributed by atoms with Crippen molar-refractivity contribution in [3.05, 3.63) is 71.9 Å². The molecular weight excluding hydrogens is 362 g/mol. The van der Waals surface area contributed by atoms with Gasteiger partial charge in [0.25, 0.3) is 0 Å². The fourth-order valence-electron chi connectivity index (χ4n) is 3.53. The maximum absolute atomic E-state index is 5.25. The summed E-state index contributed by atoms with van der Waals surface area (Å²) in [5.41, 5.74) is 3.43. The molecule has 1 aliphatic heterocycles. The normalized spacial score (nSPS) is 14.0. The molecule has 2 aromatic carbocycles. The lowest BCUT2D eigenvalue weighted by Crippen LogP contribution is -2.47. The number of benzene rings is 2. The first-order chi connectivity index (χ1) is 14.2. The highest BCUT2D eigenvalue weighted by molar-refractivity contribution is 5.51. The highest BCUT2D eigenvalue weighted by Crippen LogP contribution is 2.22.